The Bertz CT molecular complexity index is 416. The van der Waals surface area contributed by atoms with Crippen LogP contribution in [-0.4, -0.2) is 29.1 Å². The predicted octanol–water partition coefficient (Wildman–Crippen LogP) is 3.17. The number of thiophene rings is 1. The van der Waals surface area contributed by atoms with Gasteiger partial charge in [-0.15, -0.1) is 11.3 Å². The van der Waals surface area contributed by atoms with Gasteiger partial charge in [0.15, 0.2) is 0 Å². The van der Waals surface area contributed by atoms with Crippen molar-refractivity contribution in [2.24, 2.45) is 5.92 Å². The Morgan fingerprint density at radius 2 is 2.44 bits per heavy atom. The first kappa shape index (κ1) is 13.6. The van der Waals surface area contributed by atoms with Crippen LogP contribution >= 0.6 is 11.3 Å². The van der Waals surface area contributed by atoms with Crippen molar-refractivity contribution in [3.05, 3.63) is 21.9 Å². The van der Waals surface area contributed by atoms with Gasteiger partial charge in [0.2, 0.25) is 0 Å². The molecule has 1 aromatic rings. The van der Waals surface area contributed by atoms with Gasteiger partial charge in [0, 0.05) is 18.0 Å². The second-order valence-electron chi connectivity index (χ2n) is 5.18. The van der Waals surface area contributed by atoms with E-state index in [9.17, 15) is 9.90 Å². The molecule has 0 aliphatic carbocycles. The average Bonchev–Trinajstić information content (AvgIpc) is 2.76. The summed E-state index contributed by atoms with van der Waals surface area (Å²) in [6.45, 7) is 6.16. The molecule has 0 spiro atoms. The molecule has 0 fully saturated rings. The number of fused-ring (bicyclic) bond motifs is 1. The van der Waals surface area contributed by atoms with Crippen molar-refractivity contribution < 1.29 is 9.90 Å². The Balaban J connectivity index is 2.14. The summed E-state index contributed by atoms with van der Waals surface area (Å²) in [6.07, 6.45) is 3.32. The molecular weight excluding hydrogens is 246 g/mol. The zero-order valence-corrected chi connectivity index (χ0v) is 11.9. The van der Waals surface area contributed by atoms with Crippen molar-refractivity contribution in [1.82, 2.24) is 4.90 Å². The molecule has 0 saturated carbocycles. The number of hydrogen-bond donors (Lipinski definition) is 1. The van der Waals surface area contributed by atoms with Crippen LogP contribution in [0.4, 0.5) is 0 Å². The fraction of sp³-hybridized carbons (Fsp3) is 0.643. The highest BCUT2D eigenvalue weighted by atomic mass is 32.1. The van der Waals surface area contributed by atoms with Crippen molar-refractivity contribution in [1.29, 1.82) is 0 Å². The molecule has 18 heavy (non-hydrogen) atoms. The Kier molecular flexibility index (Phi) is 4.40. The van der Waals surface area contributed by atoms with Gasteiger partial charge in [0.05, 0.1) is 0 Å². The average molecular weight is 267 g/mol. The summed E-state index contributed by atoms with van der Waals surface area (Å²) in [5.41, 5.74) is 1.02. The van der Waals surface area contributed by atoms with Crippen LogP contribution in [0.2, 0.25) is 0 Å². The van der Waals surface area contributed by atoms with Crippen molar-refractivity contribution in [3.8, 4) is 0 Å². The summed E-state index contributed by atoms with van der Waals surface area (Å²) >= 11 is 1.69. The lowest BCUT2D eigenvalue weighted by Gasteiger charge is -2.34. The van der Waals surface area contributed by atoms with Crippen LogP contribution in [-0.2, 0) is 11.2 Å². The SMILES string of the molecule is CCCC(C)CN1CCc2sccc2C1C(=O)O. The lowest BCUT2D eigenvalue weighted by molar-refractivity contribution is -0.144. The molecule has 2 heterocycles. The Morgan fingerprint density at radius 3 is 3.11 bits per heavy atom. The first-order chi connectivity index (χ1) is 8.63. The first-order valence-corrected chi connectivity index (χ1v) is 7.54. The van der Waals surface area contributed by atoms with E-state index >= 15 is 0 Å². The molecule has 0 amide bonds. The molecule has 1 N–H and O–H groups in total. The van der Waals surface area contributed by atoms with E-state index in [0.717, 1.165) is 31.5 Å². The van der Waals surface area contributed by atoms with Gasteiger partial charge in [-0.1, -0.05) is 20.3 Å². The molecule has 0 aromatic carbocycles. The lowest BCUT2D eigenvalue weighted by atomic mass is 9.97. The van der Waals surface area contributed by atoms with Crippen LogP contribution < -0.4 is 0 Å². The van der Waals surface area contributed by atoms with E-state index in [1.807, 2.05) is 11.4 Å². The number of aliphatic carboxylic acids is 1. The number of carboxylic acid groups (broad SMARTS) is 1. The van der Waals surface area contributed by atoms with Crippen LogP contribution in [0.1, 0.15) is 43.2 Å². The number of carboxylic acids is 1. The Morgan fingerprint density at radius 1 is 1.67 bits per heavy atom. The molecule has 3 nitrogen and oxygen atoms in total. The predicted molar refractivity (Wildman–Crippen MR) is 74.0 cm³/mol. The zero-order valence-electron chi connectivity index (χ0n) is 11.1. The summed E-state index contributed by atoms with van der Waals surface area (Å²) in [5.74, 6) is -0.143. The van der Waals surface area contributed by atoms with Crippen molar-refractivity contribution >= 4 is 17.3 Å². The number of hydrogen-bond acceptors (Lipinski definition) is 3. The minimum atomic E-state index is -0.710. The van der Waals surface area contributed by atoms with Gasteiger partial charge in [-0.25, -0.2) is 0 Å². The highest BCUT2D eigenvalue weighted by molar-refractivity contribution is 7.10. The maximum atomic E-state index is 11.5. The standard InChI is InChI=1S/C14H21NO2S/c1-3-4-10(2)9-15-7-5-12-11(6-8-18-12)13(15)14(16)17/h6,8,10,13H,3-5,7,9H2,1-2H3,(H,16,17). The molecule has 0 bridgehead atoms. The van der Waals surface area contributed by atoms with Crippen molar-refractivity contribution in [2.75, 3.05) is 13.1 Å². The van der Waals surface area contributed by atoms with Crippen LogP contribution in [0.15, 0.2) is 11.4 Å². The molecule has 1 aromatic heterocycles. The minimum Gasteiger partial charge on any atom is -0.480 e. The molecular formula is C14H21NO2S. The molecule has 1 aliphatic rings. The second kappa shape index (κ2) is 5.85. The summed E-state index contributed by atoms with van der Waals surface area (Å²) in [5, 5.41) is 11.5. The summed E-state index contributed by atoms with van der Waals surface area (Å²) in [4.78, 5) is 14.9. The first-order valence-electron chi connectivity index (χ1n) is 6.66. The van der Waals surface area contributed by atoms with Crippen LogP contribution in [0.25, 0.3) is 0 Å². The fourth-order valence-corrected chi connectivity index (χ4v) is 3.74. The van der Waals surface area contributed by atoms with E-state index in [-0.39, 0.29) is 0 Å². The number of nitrogens with zero attached hydrogens (tertiary/aromatic N) is 1. The third kappa shape index (κ3) is 2.75. The maximum Gasteiger partial charge on any atom is 0.325 e. The van der Waals surface area contributed by atoms with Crippen LogP contribution in [0.5, 0.6) is 0 Å². The largest absolute Gasteiger partial charge is 0.480 e. The molecule has 1 aliphatic heterocycles. The monoisotopic (exact) mass is 267 g/mol. The van der Waals surface area contributed by atoms with Gasteiger partial charge in [-0.2, -0.15) is 0 Å². The van der Waals surface area contributed by atoms with Crippen molar-refractivity contribution in [2.45, 2.75) is 39.2 Å². The summed E-state index contributed by atoms with van der Waals surface area (Å²) in [6, 6.07) is 1.55. The quantitative estimate of drug-likeness (QED) is 0.891. The normalized spacial score (nSPS) is 21.6. The van der Waals surface area contributed by atoms with E-state index < -0.39 is 12.0 Å². The topological polar surface area (TPSA) is 40.5 Å². The van der Waals surface area contributed by atoms with Gasteiger partial charge in [-0.05, 0) is 35.8 Å². The summed E-state index contributed by atoms with van der Waals surface area (Å²) in [7, 11) is 0. The minimum absolute atomic E-state index is 0.431. The molecule has 2 unspecified atom stereocenters. The smallest absolute Gasteiger partial charge is 0.325 e. The van der Waals surface area contributed by atoms with Crippen LogP contribution in [0, 0.1) is 5.92 Å². The zero-order chi connectivity index (χ0) is 13.1. The van der Waals surface area contributed by atoms with E-state index in [2.05, 4.69) is 18.7 Å². The molecule has 0 saturated heterocycles. The highest BCUT2D eigenvalue weighted by Crippen LogP contribution is 2.34. The third-order valence-electron chi connectivity index (χ3n) is 3.63. The van der Waals surface area contributed by atoms with Gasteiger partial charge >= 0.3 is 5.97 Å². The van der Waals surface area contributed by atoms with Crippen LogP contribution in [0.3, 0.4) is 0 Å². The Hall–Kier alpha value is -0.870. The maximum absolute atomic E-state index is 11.5. The highest BCUT2D eigenvalue weighted by Gasteiger charge is 2.33. The van der Waals surface area contributed by atoms with Gasteiger partial charge in [-0.3, -0.25) is 9.69 Å². The number of rotatable bonds is 5. The lowest BCUT2D eigenvalue weighted by Crippen LogP contribution is -2.41. The number of carbonyl (C=O) groups is 1. The van der Waals surface area contributed by atoms with E-state index in [1.54, 1.807) is 11.3 Å². The molecule has 4 heteroatoms. The van der Waals surface area contributed by atoms with Gasteiger partial charge in [0.25, 0.3) is 0 Å². The van der Waals surface area contributed by atoms with Gasteiger partial charge < -0.3 is 5.11 Å². The van der Waals surface area contributed by atoms with Crippen molar-refractivity contribution in [3.63, 3.8) is 0 Å². The van der Waals surface area contributed by atoms with E-state index in [1.165, 1.54) is 11.3 Å². The molecule has 0 radical (unpaired) electrons. The fourth-order valence-electron chi connectivity index (χ4n) is 2.84. The van der Waals surface area contributed by atoms with Gasteiger partial charge in [0.1, 0.15) is 6.04 Å². The van der Waals surface area contributed by atoms with E-state index in [0.29, 0.717) is 5.92 Å². The molecule has 2 rings (SSSR count). The molecule has 2 atom stereocenters. The van der Waals surface area contributed by atoms with E-state index in [4.69, 9.17) is 0 Å². The Labute approximate surface area is 112 Å². The molecule has 100 valence electrons. The third-order valence-corrected chi connectivity index (χ3v) is 4.62. The second-order valence-corrected chi connectivity index (χ2v) is 6.18. The summed E-state index contributed by atoms with van der Waals surface area (Å²) < 4.78 is 0.